The van der Waals surface area contributed by atoms with Crippen LogP contribution in [-0.4, -0.2) is 39.5 Å². The number of aryl methyl sites for hydroxylation is 1. The number of hydrogen-bond donors (Lipinski definition) is 2. The van der Waals surface area contributed by atoms with Gasteiger partial charge in [-0.3, -0.25) is 0 Å². The zero-order chi connectivity index (χ0) is 21.1. The lowest BCUT2D eigenvalue weighted by Crippen LogP contribution is -2.23. The van der Waals surface area contributed by atoms with Crippen molar-refractivity contribution >= 4 is 10.8 Å². The lowest BCUT2D eigenvalue weighted by atomic mass is 9.90. The summed E-state index contributed by atoms with van der Waals surface area (Å²) in [7, 11) is 6.85. The third-order valence-electron chi connectivity index (χ3n) is 5.37. The molecule has 0 saturated heterocycles. The van der Waals surface area contributed by atoms with Gasteiger partial charge in [0.25, 0.3) is 0 Å². The number of fused-ring (bicyclic) bond motifs is 1. The van der Waals surface area contributed by atoms with E-state index in [1.807, 2.05) is 50.4 Å². The predicted octanol–water partition coefficient (Wildman–Crippen LogP) is 4.70. The highest BCUT2D eigenvalue weighted by molar-refractivity contribution is 6.06. The third-order valence-corrected chi connectivity index (χ3v) is 5.37. The second kappa shape index (κ2) is 8.62. The van der Waals surface area contributed by atoms with Crippen molar-refractivity contribution in [2.75, 3.05) is 28.4 Å². The molecule has 3 aromatic carbocycles. The van der Waals surface area contributed by atoms with E-state index in [1.54, 1.807) is 21.3 Å². The summed E-state index contributed by atoms with van der Waals surface area (Å²) in [6, 6.07) is 11.9. The van der Waals surface area contributed by atoms with Gasteiger partial charge in [-0.25, -0.2) is 0 Å². The molecule has 0 aromatic heterocycles. The van der Waals surface area contributed by atoms with Crippen LogP contribution in [0, 0.1) is 6.92 Å². The SMILES string of the molecule is CN[C@@H](C)Cc1cc(O)c(-c2c(C)cc(OC)c3c(OC)cccc23)c(OC)c1. The maximum atomic E-state index is 11.0. The van der Waals surface area contributed by atoms with E-state index in [2.05, 4.69) is 12.2 Å². The van der Waals surface area contributed by atoms with E-state index in [0.29, 0.717) is 11.3 Å². The van der Waals surface area contributed by atoms with Crippen LogP contribution < -0.4 is 19.5 Å². The largest absolute Gasteiger partial charge is 0.507 e. The Hall–Kier alpha value is -2.92. The number of benzene rings is 3. The number of rotatable bonds is 7. The Kier molecular flexibility index (Phi) is 6.18. The molecule has 154 valence electrons. The Morgan fingerprint density at radius 3 is 2.24 bits per heavy atom. The lowest BCUT2D eigenvalue weighted by molar-refractivity contribution is 0.404. The van der Waals surface area contributed by atoms with Gasteiger partial charge in [0.1, 0.15) is 23.0 Å². The number of nitrogens with one attached hydrogen (secondary N) is 1. The summed E-state index contributed by atoms with van der Waals surface area (Å²) in [6.07, 6.45) is 0.789. The Labute approximate surface area is 172 Å². The van der Waals surface area contributed by atoms with E-state index in [-0.39, 0.29) is 11.8 Å². The van der Waals surface area contributed by atoms with Crippen molar-refractivity contribution in [1.82, 2.24) is 5.32 Å². The van der Waals surface area contributed by atoms with Crippen LogP contribution >= 0.6 is 0 Å². The monoisotopic (exact) mass is 395 g/mol. The number of phenols is 1. The molecule has 0 spiro atoms. The third kappa shape index (κ3) is 3.83. The first-order chi connectivity index (χ1) is 13.9. The first-order valence-corrected chi connectivity index (χ1v) is 9.66. The molecule has 5 heteroatoms. The predicted molar refractivity (Wildman–Crippen MR) is 118 cm³/mol. The first kappa shape index (κ1) is 20.8. The Morgan fingerprint density at radius 1 is 0.931 bits per heavy atom. The maximum absolute atomic E-state index is 11.0. The molecule has 0 radical (unpaired) electrons. The molecule has 3 rings (SSSR count). The fourth-order valence-corrected chi connectivity index (χ4v) is 3.85. The van der Waals surface area contributed by atoms with Crippen molar-refractivity contribution < 1.29 is 19.3 Å². The van der Waals surface area contributed by atoms with Crippen molar-refractivity contribution in [3.05, 3.63) is 47.5 Å². The minimum atomic E-state index is 0.194. The van der Waals surface area contributed by atoms with E-state index in [4.69, 9.17) is 14.2 Å². The normalized spacial score (nSPS) is 12.1. The first-order valence-electron chi connectivity index (χ1n) is 9.66. The quantitative estimate of drug-likeness (QED) is 0.607. The van der Waals surface area contributed by atoms with Crippen molar-refractivity contribution in [3.8, 4) is 34.1 Å². The van der Waals surface area contributed by atoms with E-state index in [0.717, 1.165) is 45.4 Å². The van der Waals surface area contributed by atoms with Gasteiger partial charge in [0, 0.05) is 11.6 Å². The van der Waals surface area contributed by atoms with Gasteiger partial charge in [-0.15, -0.1) is 0 Å². The van der Waals surface area contributed by atoms with E-state index < -0.39 is 0 Å². The van der Waals surface area contributed by atoms with Gasteiger partial charge in [0.15, 0.2) is 0 Å². The lowest BCUT2D eigenvalue weighted by Gasteiger charge is -2.20. The van der Waals surface area contributed by atoms with E-state index >= 15 is 0 Å². The molecular formula is C24H29NO4. The van der Waals surface area contributed by atoms with Crippen molar-refractivity contribution in [2.24, 2.45) is 0 Å². The maximum Gasteiger partial charge on any atom is 0.130 e. The zero-order valence-electron chi connectivity index (χ0n) is 17.9. The molecule has 0 saturated carbocycles. The highest BCUT2D eigenvalue weighted by Crippen LogP contribution is 2.47. The Balaban J connectivity index is 2.32. The molecule has 0 unspecified atom stereocenters. The molecule has 0 amide bonds. The zero-order valence-corrected chi connectivity index (χ0v) is 17.9. The van der Waals surface area contributed by atoms with Crippen LogP contribution in [0.4, 0.5) is 0 Å². The van der Waals surface area contributed by atoms with Crippen LogP contribution in [0.15, 0.2) is 36.4 Å². The highest BCUT2D eigenvalue weighted by Gasteiger charge is 2.21. The van der Waals surface area contributed by atoms with Crippen LogP contribution in [0.25, 0.3) is 21.9 Å². The molecule has 0 bridgehead atoms. The molecule has 1 atom stereocenters. The van der Waals surface area contributed by atoms with Gasteiger partial charge in [-0.2, -0.15) is 0 Å². The minimum absolute atomic E-state index is 0.194. The molecule has 0 heterocycles. The van der Waals surface area contributed by atoms with Crippen LogP contribution in [0.1, 0.15) is 18.1 Å². The second-order valence-corrected chi connectivity index (χ2v) is 7.24. The molecule has 0 fully saturated rings. The topological polar surface area (TPSA) is 60.0 Å². The fourth-order valence-electron chi connectivity index (χ4n) is 3.85. The fraction of sp³-hybridized carbons (Fsp3) is 0.333. The van der Waals surface area contributed by atoms with Crippen molar-refractivity contribution in [1.29, 1.82) is 0 Å². The molecule has 0 aliphatic rings. The summed E-state index contributed by atoms with van der Waals surface area (Å²) >= 11 is 0. The molecule has 5 nitrogen and oxygen atoms in total. The molecule has 3 aromatic rings. The molecule has 0 aliphatic carbocycles. The molecule has 2 N–H and O–H groups in total. The minimum Gasteiger partial charge on any atom is -0.507 e. The van der Waals surface area contributed by atoms with Gasteiger partial charge in [0.05, 0.1) is 32.3 Å². The van der Waals surface area contributed by atoms with Crippen LogP contribution in [0.5, 0.6) is 23.0 Å². The Morgan fingerprint density at radius 2 is 1.62 bits per heavy atom. The molecular weight excluding hydrogens is 366 g/mol. The van der Waals surface area contributed by atoms with E-state index in [1.165, 1.54) is 0 Å². The highest BCUT2D eigenvalue weighted by atomic mass is 16.5. The smallest absolute Gasteiger partial charge is 0.130 e. The summed E-state index contributed by atoms with van der Waals surface area (Å²) in [6.45, 7) is 4.11. The number of likely N-dealkylation sites (N-methyl/N-ethyl adjacent to an activating group) is 1. The van der Waals surface area contributed by atoms with Gasteiger partial charge in [-0.1, -0.05) is 12.1 Å². The standard InChI is InChI=1S/C24H29NO4/c1-14-10-20(28-5)23-17(8-7-9-19(23)27-4)22(14)24-18(26)12-16(11-15(2)25-3)13-21(24)29-6/h7-10,12-13,15,25-26H,11H2,1-6H3/t15-/m0/s1. The second-order valence-electron chi connectivity index (χ2n) is 7.24. The van der Waals surface area contributed by atoms with Gasteiger partial charge in [0.2, 0.25) is 0 Å². The average Bonchev–Trinajstić information content (AvgIpc) is 2.72. The summed E-state index contributed by atoms with van der Waals surface area (Å²) in [5.41, 5.74) is 3.57. The van der Waals surface area contributed by atoms with E-state index in [9.17, 15) is 5.11 Å². The van der Waals surface area contributed by atoms with Crippen LogP contribution in [-0.2, 0) is 6.42 Å². The number of methoxy groups -OCH3 is 3. The van der Waals surface area contributed by atoms with Gasteiger partial charge < -0.3 is 24.6 Å². The summed E-state index contributed by atoms with van der Waals surface area (Å²) in [4.78, 5) is 0. The van der Waals surface area contributed by atoms with Crippen LogP contribution in [0.2, 0.25) is 0 Å². The summed E-state index contributed by atoms with van der Waals surface area (Å²) in [5.74, 6) is 2.29. The van der Waals surface area contributed by atoms with Crippen LogP contribution in [0.3, 0.4) is 0 Å². The number of aromatic hydroxyl groups is 1. The van der Waals surface area contributed by atoms with Crippen molar-refractivity contribution in [3.63, 3.8) is 0 Å². The number of ether oxygens (including phenoxy) is 3. The van der Waals surface area contributed by atoms with Gasteiger partial charge in [-0.05, 0) is 68.1 Å². The number of hydrogen-bond acceptors (Lipinski definition) is 5. The number of phenolic OH excluding ortho intramolecular Hbond substituents is 1. The Bertz CT molecular complexity index is 1030. The van der Waals surface area contributed by atoms with Crippen molar-refractivity contribution in [2.45, 2.75) is 26.3 Å². The molecule has 29 heavy (non-hydrogen) atoms. The summed E-state index contributed by atoms with van der Waals surface area (Å²) < 4.78 is 16.9. The summed E-state index contributed by atoms with van der Waals surface area (Å²) in [5, 5.41) is 16.0. The molecule has 0 aliphatic heterocycles. The average molecular weight is 395 g/mol. The van der Waals surface area contributed by atoms with Gasteiger partial charge >= 0.3 is 0 Å².